The molecule has 1 atom stereocenters. The molecule has 0 aliphatic carbocycles. The molecule has 3 aromatic carbocycles. The number of anilines is 2. The summed E-state index contributed by atoms with van der Waals surface area (Å²) in [7, 11) is 0. The minimum atomic E-state index is -1.20. The zero-order valence-corrected chi connectivity index (χ0v) is 18.8. The molecule has 0 unspecified atom stereocenters. The van der Waals surface area contributed by atoms with Crippen molar-refractivity contribution in [3.05, 3.63) is 96.1 Å². The highest BCUT2D eigenvalue weighted by atomic mass is 32.2. The fourth-order valence-electron chi connectivity index (χ4n) is 4.48. The average molecular weight is 458 g/mol. The van der Waals surface area contributed by atoms with Gasteiger partial charge >= 0.3 is 0 Å². The molecule has 7 heteroatoms. The van der Waals surface area contributed by atoms with Crippen LogP contribution in [0.5, 0.6) is 0 Å². The topological polar surface area (TPSA) is 69.7 Å². The monoisotopic (exact) mass is 457 g/mol. The Morgan fingerprint density at radius 1 is 0.909 bits per heavy atom. The van der Waals surface area contributed by atoms with E-state index in [9.17, 15) is 14.4 Å². The fraction of sp³-hybridized carbons (Fsp3) is 0.192. The Morgan fingerprint density at radius 3 is 2.33 bits per heavy atom. The first-order valence-corrected chi connectivity index (χ1v) is 11.8. The van der Waals surface area contributed by atoms with Crippen molar-refractivity contribution in [2.75, 3.05) is 28.6 Å². The van der Waals surface area contributed by atoms with E-state index in [1.807, 2.05) is 84.9 Å². The minimum Gasteiger partial charge on any atom is -0.354 e. The molecule has 0 bridgehead atoms. The molecule has 3 amide bonds. The van der Waals surface area contributed by atoms with E-state index in [2.05, 4.69) is 5.32 Å². The van der Waals surface area contributed by atoms with E-state index in [4.69, 9.17) is 0 Å². The van der Waals surface area contributed by atoms with Gasteiger partial charge in [-0.2, -0.15) is 0 Å². The van der Waals surface area contributed by atoms with Gasteiger partial charge in [0.05, 0.1) is 11.4 Å². The van der Waals surface area contributed by atoms with Crippen LogP contribution in [0.1, 0.15) is 11.1 Å². The Labute approximate surface area is 196 Å². The quantitative estimate of drug-likeness (QED) is 0.617. The number of rotatable bonds is 6. The number of hydrogen-bond donors (Lipinski definition) is 1. The third kappa shape index (κ3) is 3.68. The maximum absolute atomic E-state index is 13.9. The van der Waals surface area contributed by atoms with Crippen molar-refractivity contribution >= 4 is 40.9 Å². The molecule has 1 spiro atoms. The lowest BCUT2D eigenvalue weighted by Gasteiger charge is -2.33. The second kappa shape index (κ2) is 8.75. The van der Waals surface area contributed by atoms with Crippen LogP contribution in [0.4, 0.5) is 11.4 Å². The first-order chi connectivity index (χ1) is 16.1. The zero-order chi connectivity index (χ0) is 22.8. The van der Waals surface area contributed by atoms with Crippen LogP contribution in [-0.4, -0.2) is 36.6 Å². The molecule has 0 radical (unpaired) electrons. The molecule has 1 saturated heterocycles. The van der Waals surface area contributed by atoms with Crippen LogP contribution >= 0.6 is 11.8 Å². The molecular formula is C26H23N3O3S. The first kappa shape index (κ1) is 21.3. The summed E-state index contributed by atoms with van der Waals surface area (Å²) in [5, 5.41) is 2.92. The SMILES string of the molecule is O=C(CN1C(=O)[C@@]2(SCC(=O)N2c2ccccc2)c2ccccc21)NCCc1ccccc1. The van der Waals surface area contributed by atoms with Crippen LogP contribution in [0.15, 0.2) is 84.9 Å². The smallest absolute Gasteiger partial charge is 0.269 e. The van der Waals surface area contributed by atoms with Crippen LogP contribution in [0.25, 0.3) is 0 Å². The molecule has 0 aromatic heterocycles. The van der Waals surface area contributed by atoms with E-state index >= 15 is 0 Å². The summed E-state index contributed by atoms with van der Waals surface area (Å²) in [6, 6.07) is 26.6. The molecule has 33 heavy (non-hydrogen) atoms. The molecule has 0 saturated carbocycles. The summed E-state index contributed by atoms with van der Waals surface area (Å²) in [6.07, 6.45) is 0.715. The van der Waals surface area contributed by atoms with Gasteiger partial charge in [0.2, 0.25) is 16.7 Å². The van der Waals surface area contributed by atoms with E-state index in [-0.39, 0.29) is 30.0 Å². The third-order valence-corrected chi connectivity index (χ3v) is 7.34. The number of thioether (sulfide) groups is 1. The summed E-state index contributed by atoms with van der Waals surface area (Å²) in [5.41, 5.74) is 3.22. The highest BCUT2D eigenvalue weighted by Gasteiger charge is 2.61. The third-order valence-electron chi connectivity index (χ3n) is 5.96. The van der Waals surface area contributed by atoms with Crippen LogP contribution in [-0.2, 0) is 25.7 Å². The van der Waals surface area contributed by atoms with Gasteiger partial charge in [0.1, 0.15) is 6.54 Å². The lowest BCUT2D eigenvalue weighted by atomic mass is 10.0. The van der Waals surface area contributed by atoms with Crippen molar-refractivity contribution in [1.29, 1.82) is 0 Å². The van der Waals surface area contributed by atoms with Gasteiger partial charge in [0.25, 0.3) is 5.91 Å². The number of carbonyl (C=O) groups is 3. The van der Waals surface area contributed by atoms with Gasteiger partial charge in [0.15, 0.2) is 0 Å². The lowest BCUT2D eigenvalue weighted by Crippen LogP contribution is -2.51. The molecular weight excluding hydrogens is 434 g/mol. The van der Waals surface area contributed by atoms with Crippen molar-refractivity contribution < 1.29 is 14.4 Å². The molecule has 2 aliphatic heterocycles. The Morgan fingerprint density at radius 2 is 1.58 bits per heavy atom. The van der Waals surface area contributed by atoms with E-state index < -0.39 is 4.87 Å². The number of fused-ring (bicyclic) bond motifs is 2. The van der Waals surface area contributed by atoms with Gasteiger partial charge in [-0.1, -0.05) is 66.7 Å². The van der Waals surface area contributed by atoms with Gasteiger partial charge in [-0.15, -0.1) is 11.8 Å². The Bertz CT molecular complexity index is 1200. The first-order valence-electron chi connectivity index (χ1n) is 10.9. The van der Waals surface area contributed by atoms with E-state index in [1.165, 1.54) is 16.7 Å². The van der Waals surface area contributed by atoms with Gasteiger partial charge in [0, 0.05) is 17.8 Å². The highest BCUT2D eigenvalue weighted by Crippen LogP contribution is 2.55. The number of nitrogens with zero attached hydrogens (tertiary/aromatic N) is 2. The van der Waals surface area contributed by atoms with Crippen LogP contribution in [0.2, 0.25) is 0 Å². The molecule has 3 aromatic rings. The number of para-hydroxylation sites is 2. The maximum Gasteiger partial charge on any atom is 0.269 e. The number of benzene rings is 3. The van der Waals surface area contributed by atoms with Crippen LogP contribution < -0.4 is 15.1 Å². The molecule has 166 valence electrons. The number of nitrogens with one attached hydrogen (secondary N) is 1. The number of carbonyl (C=O) groups excluding carboxylic acids is 3. The second-order valence-corrected chi connectivity index (χ2v) is 9.16. The standard InChI is InChI=1S/C26H23N3O3S/c30-23(27-16-15-19-9-3-1-4-10-19)17-28-22-14-8-7-13-21(22)26(25(28)32)29(24(31)18-33-26)20-11-5-2-6-12-20/h1-14H,15-18H2,(H,27,30)/t26-/m0/s1. The Kier molecular flexibility index (Phi) is 5.64. The fourth-order valence-corrected chi connectivity index (χ4v) is 5.84. The van der Waals surface area contributed by atoms with Gasteiger partial charge in [-0.05, 0) is 30.2 Å². The van der Waals surface area contributed by atoms with Gasteiger partial charge in [-0.25, -0.2) is 0 Å². The summed E-state index contributed by atoms with van der Waals surface area (Å²) in [5.74, 6) is -0.414. The van der Waals surface area contributed by atoms with Crippen LogP contribution in [0, 0.1) is 0 Å². The summed E-state index contributed by atoms with van der Waals surface area (Å²) in [4.78, 5) is 41.5. The summed E-state index contributed by atoms with van der Waals surface area (Å²) < 4.78 is 0. The molecule has 5 rings (SSSR count). The molecule has 1 fully saturated rings. The summed E-state index contributed by atoms with van der Waals surface area (Å²) >= 11 is 1.31. The highest BCUT2D eigenvalue weighted by molar-refractivity contribution is 8.02. The maximum atomic E-state index is 13.9. The second-order valence-electron chi connectivity index (χ2n) is 7.99. The zero-order valence-electron chi connectivity index (χ0n) is 17.9. The van der Waals surface area contributed by atoms with Crippen LogP contribution in [0.3, 0.4) is 0 Å². The van der Waals surface area contributed by atoms with Crippen molar-refractivity contribution in [2.45, 2.75) is 11.3 Å². The van der Waals surface area contributed by atoms with E-state index in [0.29, 0.717) is 24.3 Å². The van der Waals surface area contributed by atoms with Crippen molar-refractivity contribution in [3.8, 4) is 0 Å². The Balaban J connectivity index is 1.40. The minimum absolute atomic E-state index is 0.0935. The lowest BCUT2D eigenvalue weighted by molar-refractivity contribution is -0.125. The molecule has 1 N–H and O–H groups in total. The van der Waals surface area contributed by atoms with Crippen molar-refractivity contribution in [1.82, 2.24) is 5.32 Å². The van der Waals surface area contributed by atoms with Gasteiger partial charge < -0.3 is 5.32 Å². The van der Waals surface area contributed by atoms with E-state index in [1.54, 1.807) is 4.90 Å². The number of amides is 3. The average Bonchev–Trinajstić information content (AvgIpc) is 3.31. The van der Waals surface area contributed by atoms with Crippen molar-refractivity contribution in [2.24, 2.45) is 0 Å². The van der Waals surface area contributed by atoms with Crippen molar-refractivity contribution in [3.63, 3.8) is 0 Å². The van der Waals surface area contributed by atoms with E-state index in [0.717, 1.165) is 11.1 Å². The van der Waals surface area contributed by atoms with Gasteiger partial charge in [-0.3, -0.25) is 24.2 Å². The molecule has 2 aliphatic rings. The predicted molar refractivity (Wildman–Crippen MR) is 130 cm³/mol. The normalized spacial score (nSPS) is 19.3. The number of hydrogen-bond acceptors (Lipinski definition) is 4. The summed E-state index contributed by atoms with van der Waals surface area (Å²) in [6.45, 7) is 0.394. The Hall–Kier alpha value is -3.58. The predicted octanol–water partition coefficient (Wildman–Crippen LogP) is 3.32. The largest absolute Gasteiger partial charge is 0.354 e. The molecule has 6 nitrogen and oxygen atoms in total. The molecule has 2 heterocycles.